The van der Waals surface area contributed by atoms with E-state index in [0.29, 0.717) is 11.4 Å². The molecule has 0 aliphatic rings. The zero-order valence-corrected chi connectivity index (χ0v) is 11.8. The molecule has 0 radical (unpaired) electrons. The van der Waals surface area contributed by atoms with Gasteiger partial charge in [0.25, 0.3) is 0 Å². The second-order valence-electron chi connectivity index (χ2n) is 5.28. The van der Waals surface area contributed by atoms with E-state index in [4.69, 9.17) is 4.74 Å². The third-order valence-electron chi connectivity index (χ3n) is 2.38. The van der Waals surface area contributed by atoms with Gasteiger partial charge in [-0.05, 0) is 37.8 Å². The average molecular weight is 290 g/mol. The molecule has 0 aliphatic heterocycles. The summed E-state index contributed by atoms with van der Waals surface area (Å²) in [5.41, 5.74) is -0.284. The van der Waals surface area contributed by atoms with E-state index in [9.17, 15) is 14.9 Å². The third-order valence-corrected chi connectivity index (χ3v) is 2.38. The van der Waals surface area contributed by atoms with Gasteiger partial charge in [0.05, 0.1) is 22.9 Å². The smallest absolute Gasteiger partial charge is 0.390 e. The van der Waals surface area contributed by atoms with Crippen LogP contribution in [0.25, 0.3) is 5.82 Å². The Morgan fingerprint density at radius 3 is 2.52 bits per heavy atom. The topological polar surface area (TPSA) is 100 Å². The zero-order valence-electron chi connectivity index (χ0n) is 11.8. The minimum atomic E-state index is -0.592. The number of esters is 1. The molecular weight excluding hydrogens is 276 g/mol. The average Bonchev–Trinajstić information content (AvgIpc) is 2.86. The van der Waals surface area contributed by atoms with Crippen molar-refractivity contribution in [3.63, 3.8) is 0 Å². The van der Waals surface area contributed by atoms with Crippen molar-refractivity contribution >= 4 is 11.8 Å². The van der Waals surface area contributed by atoms with Gasteiger partial charge in [0, 0.05) is 6.20 Å². The predicted octanol–water partition coefficient (Wildman–Crippen LogP) is 2.13. The highest BCUT2D eigenvalue weighted by atomic mass is 16.6. The zero-order chi connectivity index (χ0) is 15.6. The van der Waals surface area contributed by atoms with E-state index < -0.39 is 16.5 Å². The number of pyridine rings is 1. The lowest BCUT2D eigenvalue weighted by Crippen LogP contribution is -2.24. The normalized spacial score (nSPS) is 11.2. The quantitative estimate of drug-likeness (QED) is 0.487. The summed E-state index contributed by atoms with van der Waals surface area (Å²) in [6.07, 6.45) is 2.77. The standard InChI is InChI=1S/C13H14N4O4/c1-13(2,3)21-12(18)9-4-5-10(14-8-9)16-7-6-11(15-16)17(19)20/h4-8H,1-3H3. The first-order valence-electron chi connectivity index (χ1n) is 6.16. The molecular formula is C13H14N4O4. The van der Waals surface area contributed by atoms with E-state index in [-0.39, 0.29) is 5.82 Å². The van der Waals surface area contributed by atoms with E-state index in [2.05, 4.69) is 10.1 Å². The highest BCUT2D eigenvalue weighted by Gasteiger charge is 2.19. The molecule has 0 atom stereocenters. The lowest BCUT2D eigenvalue weighted by molar-refractivity contribution is -0.389. The fraction of sp³-hybridized carbons (Fsp3) is 0.308. The van der Waals surface area contributed by atoms with Gasteiger partial charge in [0.1, 0.15) is 5.60 Å². The van der Waals surface area contributed by atoms with Crippen LogP contribution >= 0.6 is 0 Å². The number of carbonyl (C=O) groups is 1. The summed E-state index contributed by atoms with van der Waals surface area (Å²) in [4.78, 5) is 25.9. The van der Waals surface area contributed by atoms with Crippen LogP contribution in [0.2, 0.25) is 0 Å². The van der Waals surface area contributed by atoms with Gasteiger partial charge in [0.15, 0.2) is 5.82 Å². The van der Waals surface area contributed by atoms with Crippen LogP contribution in [-0.2, 0) is 4.74 Å². The molecule has 2 rings (SSSR count). The van der Waals surface area contributed by atoms with Gasteiger partial charge < -0.3 is 14.9 Å². The number of nitro groups is 1. The number of carbonyl (C=O) groups excluding carboxylic acids is 1. The predicted molar refractivity (Wildman–Crippen MR) is 73.2 cm³/mol. The van der Waals surface area contributed by atoms with Crippen LogP contribution in [0.3, 0.4) is 0 Å². The molecule has 0 N–H and O–H groups in total. The maximum Gasteiger partial charge on any atom is 0.390 e. The first-order chi connectivity index (χ1) is 9.76. The fourth-order valence-electron chi connectivity index (χ4n) is 1.52. The van der Waals surface area contributed by atoms with E-state index in [1.807, 2.05) is 0 Å². The Labute approximate surface area is 120 Å². The molecule has 0 aromatic carbocycles. The van der Waals surface area contributed by atoms with E-state index in [0.717, 1.165) is 0 Å². The summed E-state index contributed by atoms with van der Waals surface area (Å²) in [7, 11) is 0. The van der Waals surface area contributed by atoms with Gasteiger partial charge in [-0.2, -0.15) is 0 Å². The summed E-state index contributed by atoms with van der Waals surface area (Å²) in [5, 5.41) is 14.3. The number of hydrogen-bond acceptors (Lipinski definition) is 6. The van der Waals surface area contributed by atoms with Crippen LogP contribution in [0.1, 0.15) is 31.1 Å². The van der Waals surface area contributed by atoms with Crippen molar-refractivity contribution in [1.82, 2.24) is 14.8 Å². The van der Waals surface area contributed by atoms with E-state index >= 15 is 0 Å². The highest BCUT2D eigenvalue weighted by molar-refractivity contribution is 5.89. The van der Waals surface area contributed by atoms with Crippen molar-refractivity contribution < 1.29 is 14.5 Å². The molecule has 0 saturated heterocycles. The Morgan fingerprint density at radius 1 is 1.33 bits per heavy atom. The van der Waals surface area contributed by atoms with E-state index in [1.54, 1.807) is 20.8 Å². The second kappa shape index (κ2) is 5.31. The van der Waals surface area contributed by atoms with Crippen molar-refractivity contribution in [3.8, 4) is 5.82 Å². The molecule has 0 bridgehead atoms. The van der Waals surface area contributed by atoms with Crippen molar-refractivity contribution in [2.75, 3.05) is 0 Å². The number of nitrogens with zero attached hydrogens (tertiary/aromatic N) is 4. The molecule has 0 saturated carbocycles. The monoisotopic (exact) mass is 290 g/mol. The van der Waals surface area contributed by atoms with Gasteiger partial charge >= 0.3 is 11.8 Å². The van der Waals surface area contributed by atoms with Crippen molar-refractivity contribution in [2.45, 2.75) is 26.4 Å². The molecule has 2 aromatic heterocycles. The summed E-state index contributed by atoms with van der Waals surface area (Å²) >= 11 is 0. The Bertz CT molecular complexity index is 670. The molecule has 0 amide bonds. The lowest BCUT2D eigenvalue weighted by atomic mass is 10.2. The largest absolute Gasteiger partial charge is 0.456 e. The van der Waals surface area contributed by atoms with Crippen LogP contribution < -0.4 is 0 Å². The van der Waals surface area contributed by atoms with Crippen LogP contribution in [0, 0.1) is 10.1 Å². The van der Waals surface area contributed by atoms with Crippen LogP contribution in [0.5, 0.6) is 0 Å². The molecule has 110 valence electrons. The number of ether oxygens (including phenoxy) is 1. The molecule has 2 aromatic rings. The van der Waals surface area contributed by atoms with Crippen molar-refractivity contribution in [3.05, 3.63) is 46.3 Å². The van der Waals surface area contributed by atoms with Gasteiger partial charge in [-0.25, -0.2) is 9.78 Å². The first-order valence-corrected chi connectivity index (χ1v) is 6.16. The third kappa shape index (κ3) is 3.62. The number of rotatable bonds is 3. The first kappa shape index (κ1) is 14.6. The molecule has 0 fully saturated rings. The highest BCUT2D eigenvalue weighted by Crippen LogP contribution is 2.14. The minimum absolute atomic E-state index is 0.270. The molecule has 2 heterocycles. The summed E-state index contributed by atoms with van der Waals surface area (Å²) in [6, 6.07) is 4.34. The van der Waals surface area contributed by atoms with Crippen LogP contribution in [0.4, 0.5) is 5.82 Å². The van der Waals surface area contributed by atoms with Crippen LogP contribution in [0.15, 0.2) is 30.6 Å². The minimum Gasteiger partial charge on any atom is -0.456 e. The molecule has 21 heavy (non-hydrogen) atoms. The molecule has 0 aliphatic carbocycles. The van der Waals surface area contributed by atoms with Gasteiger partial charge in [-0.3, -0.25) is 0 Å². The lowest BCUT2D eigenvalue weighted by Gasteiger charge is -2.19. The molecule has 8 nitrogen and oxygen atoms in total. The summed E-state index contributed by atoms with van der Waals surface area (Å²) in [5.74, 6) is -0.378. The van der Waals surface area contributed by atoms with Gasteiger partial charge in [-0.15, -0.1) is 4.68 Å². The summed E-state index contributed by atoms with van der Waals surface area (Å²) in [6.45, 7) is 5.32. The van der Waals surface area contributed by atoms with Gasteiger partial charge in [0.2, 0.25) is 0 Å². The van der Waals surface area contributed by atoms with Crippen LogP contribution in [-0.4, -0.2) is 31.3 Å². The second-order valence-corrected chi connectivity index (χ2v) is 5.28. The molecule has 0 unspecified atom stereocenters. The maximum absolute atomic E-state index is 11.8. The maximum atomic E-state index is 11.8. The summed E-state index contributed by atoms with van der Waals surface area (Å²) < 4.78 is 6.48. The Kier molecular flexibility index (Phi) is 3.70. The molecule has 0 spiro atoms. The van der Waals surface area contributed by atoms with Gasteiger partial charge in [-0.1, -0.05) is 0 Å². The SMILES string of the molecule is CC(C)(C)OC(=O)c1ccc(-n2ccc([N+](=O)[O-])n2)nc1. The van der Waals surface area contributed by atoms with E-state index in [1.165, 1.54) is 35.3 Å². The van der Waals surface area contributed by atoms with Crippen molar-refractivity contribution in [2.24, 2.45) is 0 Å². The number of aromatic nitrogens is 3. The van der Waals surface area contributed by atoms with Crippen molar-refractivity contribution in [1.29, 1.82) is 0 Å². The Balaban J connectivity index is 2.18. The number of hydrogen-bond donors (Lipinski definition) is 0. The molecule has 8 heteroatoms. The Morgan fingerprint density at radius 2 is 2.05 bits per heavy atom. The Hall–Kier alpha value is -2.77. The fourth-order valence-corrected chi connectivity index (χ4v) is 1.52.